The van der Waals surface area contributed by atoms with Crippen molar-refractivity contribution < 1.29 is 0 Å². The van der Waals surface area contributed by atoms with Crippen LogP contribution in [0.5, 0.6) is 0 Å². The van der Waals surface area contributed by atoms with Gasteiger partial charge in [-0.25, -0.2) is 44.9 Å². The molecule has 0 amide bonds. The van der Waals surface area contributed by atoms with Crippen molar-refractivity contribution in [2.75, 3.05) is 0 Å². The van der Waals surface area contributed by atoms with Crippen molar-refractivity contribution in [2.45, 2.75) is 27.7 Å². The minimum absolute atomic E-state index is 0.545. The molecule has 13 aromatic rings. The van der Waals surface area contributed by atoms with Gasteiger partial charge in [0.2, 0.25) is 0 Å². The summed E-state index contributed by atoms with van der Waals surface area (Å²) in [4.78, 5) is 48.2. The van der Waals surface area contributed by atoms with Gasteiger partial charge in [0.15, 0.2) is 29.1 Å². The molecule has 72 heavy (non-hydrogen) atoms. The molecule has 12 heteroatoms. The van der Waals surface area contributed by atoms with Crippen LogP contribution in [0.1, 0.15) is 23.3 Å². The summed E-state index contributed by atoms with van der Waals surface area (Å²) in [6.07, 6.45) is 1.90. The Hall–Kier alpha value is -9.68. The smallest absolute Gasteiger partial charge is 0.164 e. The lowest BCUT2D eigenvalue weighted by Gasteiger charge is -2.17. The topological polar surface area (TPSA) is 139 Å². The molecular formula is C60H42N12. The van der Waals surface area contributed by atoms with E-state index in [9.17, 15) is 0 Å². The van der Waals surface area contributed by atoms with Crippen LogP contribution >= 0.6 is 0 Å². The molecule has 0 spiro atoms. The second-order valence-corrected chi connectivity index (χ2v) is 17.8. The number of aryl methyl sites for hydroxylation is 4. The molecule has 0 atom stereocenters. The number of pyridine rings is 1. The molecule has 0 aliphatic rings. The maximum absolute atomic E-state index is 5.19. The zero-order valence-corrected chi connectivity index (χ0v) is 39.7. The largest absolute Gasteiger partial charge is 0.309 e. The Morgan fingerprint density at radius 1 is 0.306 bits per heavy atom. The molecule has 0 bridgehead atoms. The fourth-order valence-electron chi connectivity index (χ4n) is 9.97. The van der Waals surface area contributed by atoms with Crippen molar-refractivity contribution in [1.29, 1.82) is 0 Å². The van der Waals surface area contributed by atoms with Crippen molar-refractivity contribution >= 4 is 43.6 Å². The van der Waals surface area contributed by atoms with Gasteiger partial charge in [-0.05, 0) is 107 Å². The average molecular weight is 931 g/mol. The Balaban J connectivity index is 1.04. The fourth-order valence-corrected chi connectivity index (χ4v) is 9.97. The van der Waals surface area contributed by atoms with Crippen molar-refractivity contribution in [2.24, 2.45) is 0 Å². The highest BCUT2D eigenvalue weighted by Crippen LogP contribution is 2.41. The third-order valence-corrected chi connectivity index (χ3v) is 13.1. The van der Waals surface area contributed by atoms with Crippen LogP contribution < -0.4 is 0 Å². The highest BCUT2D eigenvalue weighted by Gasteiger charge is 2.22. The van der Waals surface area contributed by atoms with E-state index in [4.69, 9.17) is 39.9 Å². The highest BCUT2D eigenvalue weighted by molar-refractivity contribution is 6.12. The van der Waals surface area contributed by atoms with Gasteiger partial charge in [0.25, 0.3) is 0 Å². The van der Waals surface area contributed by atoms with Crippen LogP contribution in [0.3, 0.4) is 0 Å². The Morgan fingerprint density at radius 2 is 0.722 bits per heavy atom. The first-order chi connectivity index (χ1) is 35.3. The van der Waals surface area contributed by atoms with Gasteiger partial charge in [-0.2, -0.15) is 0 Å². The molecule has 0 N–H and O–H groups in total. The standard InChI is InChI=1S/C60H42N12/c1-35-62-36(2)65-58(64-35)41-23-26-53-47(31-41)45-19-11-13-21-51(45)71(53)44-29-30-61-50(34-44)49-33-43(60-69-56(39-15-7-5-8-16-39)68-57(70-60)40-17-9-6-10-18-40)25-28-55(49)72-52-22-14-12-20-46(52)48-32-42(24-27-54(48)72)59-66-37(3)63-38(4)67-59/h5-34H,1-4H3. The average Bonchev–Trinajstić information content (AvgIpc) is 3.93. The lowest BCUT2D eigenvalue weighted by molar-refractivity contribution is 0.928. The molecule has 6 aromatic heterocycles. The summed E-state index contributed by atoms with van der Waals surface area (Å²) in [5, 5.41) is 4.37. The lowest BCUT2D eigenvalue weighted by atomic mass is 10.0. The quantitative estimate of drug-likeness (QED) is 0.145. The van der Waals surface area contributed by atoms with Gasteiger partial charge in [-0.15, -0.1) is 0 Å². The van der Waals surface area contributed by atoms with Gasteiger partial charge in [-0.1, -0.05) is 97.1 Å². The summed E-state index contributed by atoms with van der Waals surface area (Å²) in [7, 11) is 0. The van der Waals surface area contributed by atoms with E-state index in [0.717, 1.165) is 94.1 Å². The van der Waals surface area contributed by atoms with Gasteiger partial charge in [0.05, 0.1) is 33.4 Å². The lowest BCUT2D eigenvalue weighted by Crippen LogP contribution is -2.03. The van der Waals surface area contributed by atoms with Crippen LogP contribution in [-0.2, 0) is 0 Å². The van der Waals surface area contributed by atoms with Gasteiger partial charge in [0.1, 0.15) is 23.3 Å². The first kappa shape index (κ1) is 42.4. The van der Waals surface area contributed by atoms with Gasteiger partial charge in [0, 0.05) is 66.8 Å². The molecule has 12 nitrogen and oxygen atoms in total. The molecule has 7 aromatic carbocycles. The number of para-hydroxylation sites is 2. The molecule has 0 saturated carbocycles. The number of benzene rings is 7. The minimum atomic E-state index is 0.545. The van der Waals surface area contributed by atoms with Crippen LogP contribution in [0.25, 0.3) is 123 Å². The molecule has 0 saturated heterocycles. The van der Waals surface area contributed by atoms with Crippen LogP contribution in [0.2, 0.25) is 0 Å². The third-order valence-electron chi connectivity index (χ3n) is 13.1. The zero-order valence-electron chi connectivity index (χ0n) is 39.7. The fraction of sp³-hybridized carbons (Fsp3) is 0.0667. The van der Waals surface area contributed by atoms with Crippen molar-refractivity contribution in [3.8, 4) is 79.6 Å². The zero-order chi connectivity index (χ0) is 48.5. The van der Waals surface area contributed by atoms with Crippen molar-refractivity contribution in [1.82, 2.24) is 59.0 Å². The number of rotatable bonds is 8. The molecule has 0 unspecified atom stereocenters. The van der Waals surface area contributed by atoms with E-state index in [1.165, 1.54) is 0 Å². The number of nitrogens with zero attached hydrogens (tertiary/aromatic N) is 12. The van der Waals surface area contributed by atoms with Crippen LogP contribution in [0.15, 0.2) is 182 Å². The molecule has 6 heterocycles. The Morgan fingerprint density at radius 3 is 1.26 bits per heavy atom. The Labute approximate surface area is 413 Å². The van der Waals surface area contributed by atoms with Crippen LogP contribution in [0.4, 0.5) is 0 Å². The summed E-state index contributed by atoms with van der Waals surface area (Å²) in [5.74, 6) is 5.75. The SMILES string of the molecule is Cc1nc(C)nc(-c2ccc3c(c2)c2ccccc2n3-c2ccnc(-c3cc(-c4nc(-c5ccccc5)nc(-c5ccccc5)n4)ccc3-n3c4ccccc4c4cc(-c5nc(C)nc(C)n5)ccc43)c2)n1. The third kappa shape index (κ3) is 7.40. The summed E-state index contributed by atoms with van der Waals surface area (Å²) < 4.78 is 4.64. The van der Waals surface area contributed by atoms with E-state index >= 15 is 0 Å². The van der Waals surface area contributed by atoms with E-state index in [-0.39, 0.29) is 0 Å². The van der Waals surface area contributed by atoms with E-state index in [2.05, 4.69) is 134 Å². The van der Waals surface area contributed by atoms with Gasteiger partial charge >= 0.3 is 0 Å². The van der Waals surface area contributed by atoms with E-state index < -0.39 is 0 Å². The van der Waals surface area contributed by atoms with Crippen LogP contribution in [-0.4, -0.2) is 59.0 Å². The molecule has 0 fully saturated rings. The molecule has 342 valence electrons. The predicted octanol–water partition coefficient (Wildman–Crippen LogP) is 13.1. The summed E-state index contributed by atoms with van der Waals surface area (Å²) >= 11 is 0. The number of fused-ring (bicyclic) bond motifs is 6. The maximum atomic E-state index is 5.19. The molecule has 0 aliphatic carbocycles. The monoisotopic (exact) mass is 930 g/mol. The first-order valence-corrected chi connectivity index (χ1v) is 23.7. The molecular weight excluding hydrogens is 889 g/mol. The highest BCUT2D eigenvalue weighted by atomic mass is 15.1. The van der Waals surface area contributed by atoms with E-state index in [0.29, 0.717) is 52.4 Å². The molecule has 13 rings (SSSR count). The maximum Gasteiger partial charge on any atom is 0.164 e. The number of hydrogen-bond donors (Lipinski definition) is 0. The van der Waals surface area contributed by atoms with Gasteiger partial charge in [-0.3, -0.25) is 4.98 Å². The summed E-state index contributed by atoms with van der Waals surface area (Å²) in [5.41, 5.74) is 12.2. The Kier molecular flexibility index (Phi) is 10.1. The Bertz CT molecular complexity index is 4180. The van der Waals surface area contributed by atoms with E-state index in [1.807, 2.05) is 94.6 Å². The van der Waals surface area contributed by atoms with Crippen molar-refractivity contribution in [3.63, 3.8) is 0 Å². The number of hydrogen-bond acceptors (Lipinski definition) is 10. The second-order valence-electron chi connectivity index (χ2n) is 17.8. The molecule has 0 radical (unpaired) electrons. The first-order valence-electron chi connectivity index (χ1n) is 23.7. The van der Waals surface area contributed by atoms with Crippen LogP contribution in [0, 0.1) is 27.7 Å². The van der Waals surface area contributed by atoms with Crippen molar-refractivity contribution in [3.05, 3.63) is 205 Å². The second kappa shape index (κ2) is 17.1. The normalized spacial score (nSPS) is 11.6. The minimum Gasteiger partial charge on any atom is -0.309 e. The molecule has 0 aliphatic heterocycles. The van der Waals surface area contributed by atoms with E-state index in [1.54, 1.807) is 0 Å². The summed E-state index contributed by atoms with van der Waals surface area (Å²) in [6, 6.07) is 60.7. The van der Waals surface area contributed by atoms with Gasteiger partial charge < -0.3 is 9.13 Å². The number of aromatic nitrogens is 12. The predicted molar refractivity (Wildman–Crippen MR) is 285 cm³/mol. The summed E-state index contributed by atoms with van der Waals surface area (Å²) in [6.45, 7) is 7.60.